The average molecular weight is 278 g/mol. The normalized spacial score (nSPS) is 12.6. The molecule has 102 valence electrons. The van der Waals surface area contributed by atoms with Crippen LogP contribution in [0.3, 0.4) is 0 Å². The summed E-state index contributed by atoms with van der Waals surface area (Å²) < 4.78 is 0. The third kappa shape index (κ3) is 3.31. The number of nitrogens with zero attached hydrogens (tertiary/aromatic N) is 2. The predicted octanol–water partition coefficient (Wildman–Crippen LogP) is 1.29. The number of aliphatic hydroxyl groups excluding tert-OH is 1. The molecule has 4 N–H and O–H groups in total. The molecule has 0 amide bonds. The molecule has 0 fully saturated rings. The van der Waals surface area contributed by atoms with Crippen LogP contribution in [0.5, 0.6) is 0 Å². The number of aromatic nitrogens is 2. The highest BCUT2D eigenvalue weighted by atomic mass is 31.0. The van der Waals surface area contributed by atoms with Crippen LogP contribution in [0.4, 0.5) is 11.8 Å². The number of hydrogen-bond acceptors (Lipinski definition) is 5. The molecule has 1 heterocycles. The van der Waals surface area contributed by atoms with Crippen LogP contribution in [0.1, 0.15) is 19.8 Å². The Hall–Kier alpha value is -1.45. The fourth-order valence-corrected chi connectivity index (χ4v) is 2.29. The van der Waals surface area contributed by atoms with Gasteiger partial charge >= 0.3 is 0 Å². The van der Waals surface area contributed by atoms with Crippen LogP contribution < -0.4 is 16.4 Å². The maximum atomic E-state index is 9.37. The van der Waals surface area contributed by atoms with E-state index in [-0.39, 0.29) is 18.6 Å². The Bertz CT molecular complexity index is 576. The lowest BCUT2D eigenvalue weighted by molar-refractivity contribution is 0.268. The number of nitrogens with two attached hydrogens (primary N) is 1. The van der Waals surface area contributed by atoms with Crippen LogP contribution in [-0.2, 0) is 0 Å². The zero-order valence-corrected chi connectivity index (χ0v) is 12.1. The van der Waals surface area contributed by atoms with Gasteiger partial charge in [-0.05, 0) is 23.9 Å². The molecule has 0 aliphatic rings. The summed E-state index contributed by atoms with van der Waals surface area (Å²) in [6.45, 7) is 2.15. The quantitative estimate of drug-likeness (QED) is 0.718. The highest BCUT2D eigenvalue weighted by Gasteiger charge is 2.11. The van der Waals surface area contributed by atoms with Gasteiger partial charge in [0.2, 0.25) is 5.95 Å². The van der Waals surface area contributed by atoms with E-state index in [0.29, 0.717) is 5.82 Å². The number of fused-ring (bicyclic) bond motifs is 1. The van der Waals surface area contributed by atoms with Gasteiger partial charge in [-0.1, -0.05) is 19.4 Å². The van der Waals surface area contributed by atoms with Crippen molar-refractivity contribution >= 4 is 37.2 Å². The average Bonchev–Trinajstić information content (AvgIpc) is 2.39. The predicted molar refractivity (Wildman–Crippen MR) is 82.7 cm³/mol. The van der Waals surface area contributed by atoms with Crippen molar-refractivity contribution in [2.75, 3.05) is 17.7 Å². The van der Waals surface area contributed by atoms with Crippen molar-refractivity contribution in [3.8, 4) is 0 Å². The minimum atomic E-state index is -0.0179. The van der Waals surface area contributed by atoms with Gasteiger partial charge in [-0.25, -0.2) is 4.98 Å². The van der Waals surface area contributed by atoms with Gasteiger partial charge in [-0.2, -0.15) is 4.98 Å². The van der Waals surface area contributed by atoms with E-state index in [1.54, 1.807) is 0 Å². The first-order valence-electron chi connectivity index (χ1n) is 6.34. The molecule has 1 aromatic carbocycles. The van der Waals surface area contributed by atoms with Gasteiger partial charge in [0, 0.05) is 5.39 Å². The van der Waals surface area contributed by atoms with Crippen molar-refractivity contribution in [2.45, 2.75) is 25.8 Å². The van der Waals surface area contributed by atoms with E-state index >= 15 is 0 Å². The molecule has 2 aromatic rings. The van der Waals surface area contributed by atoms with Crippen molar-refractivity contribution in [3.63, 3.8) is 0 Å². The van der Waals surface area contributed by atoms with E-state index < -0.39 is 0 Å². The van der Waals surface area contributed by atoms with Crippen molar-refractivity contribution in [2.24, 2.45) is 0 Å². The standard InChI is InChI=1S/C13H19N4OP/c1-2-3-8(7-18)15-12-10-6-9(19)4-5-11(10)16-13(14)17-12/h4-6,8,18H,2-3,7,19H2,1H3,(H3,14,15,16,17). The number of nitrogens with one attached hydrogen (secondary N) is 1. The smallest absolute Gasteiger partial charge is 0.222 e. The summed E-state index contributed by atoms with van der Waals surface area (Å²) in [5, 5.41) is 14.6. The first kappa shape index (κ1) is 14.0. The van der Waals surface area contributed by atoms with Gasteiger partial charge in [0.1, 0.15) is 5.82 Å². The van der Waals surface area contributed by atoms with Gasteiger partial charge in [0.15, 0.2) is 0 Å². The Morgan fingerprint density at radius 3 is 2.89 bits per heavy atom. The van der Waals surface area contributed by atoms with E-state index in [2.05, 4.69) is 31.4 Å². The van der Waals surface area contributed by atoms with Gasteiger partial charge in [0.25, 0.3) is 0 Å². The molecule has 0 spiro atoms. The van der Waals surface area contributed by atoms with Gasteiger partial charge < -0.3 is 16.2 Å². The number of rotatable bonds is 5. The van der Waals surface area contributed by atoms with Crippen LogP contribution in [0.2, 0.25) is 0 Å². The maximum absolute atomic E-state index is 9.37. The second-order valence-corrected chi connectivity index (χ2v) is 5.19. The highest BCUT2D eigenvalue weighted by Crippen LogP contribution is 2.22. The zero-order chi connectivity index (χ0) is 13.8. The third-order valence-electron chi connectivity index (χ3n) is 2.94. The lowest BCUT2D eigenvalue weighted by Crippen LogP contribution is -2.24. The molecule has 5 nitrogen and oxygen atoms in total. The zero-order valence-electron chi connectivity index (χ0n) is 10.9. The second kappa shape index (κ2) is 6.13. The Kier molecular flexibility index (Phi) is 4.51. The lowest BCUT2D eigenvalue weighted by Gasteiger charge is -2.17. The molecular formula is C13H19N4OP. The summed E-state index contributed by atoms with van der Waals surface area (Å²) in [5.74, 6) is 0.916. The van der Waals surface area contributed by atoms with E-state index in [4.69, 9.17) is 5.73 Å². The summed E-state index contributed by atoms with van der Waals surface area (Å²) in [5.41, 5.74) is 6.52. The van der Waals surface area contributed by atoms with Crippen LogP contribution in [0.25, 0.3) is 10.9 Å². The molecule has 6 heteroatoms. The fourth-order valence-electron chi connectivity index (χ4n) is 2.02. The first-order valence-corrected chi connectivity index (χ1v) is 6.92. The molecule has 2 rings (SSSR count). The molecular weight excluding hydrogens is 259 g/mol. The Morgan fingerprint density at radius 2 is 2.21 bits per heavy atom. The van der Waals surface area contributed by atoms with Crippen LogP contribution in [0, 0.1) is 0 Å². The molecule has 0 saturated carbocycles. The maximum Gasteiger partial charge on any atom is 0.222 e. The van der Waals surface area contributed by atoms with Crippen molar-refractivity contribution in [3.05, 3.63) is 18.2 Å². The molecule has 0 aliphatic heterocycles. The van der Waals surface area contributed by atoms with Crippen molar-refractivity contribution in [1.82, 2.24) is 9.97 Å². The molecule has 0 radical (unpaired) electrons. The fraction of sp³-hybridized carbons (Fsp3) is 0.385. The number of aliphatic hydroxyl groups is 1. The van der Waals surface area contributed by atoms with Crippen molar-refractivity contribution < 1.29 is 5.11 Å². The number of anilines is 2. The minimum Gasteiger partial charge on any atom is -0.394 e. The summed E-state index contributed by atoms with van der Waals surface area (Å²) in [4.78, 5) is 8.46. The molecule has 0 bridgehead atoms. The van der Waals surface area contributed by atoms with E-state index in [9.17, 15) is 5.11 Å². The van der Waals surface area contributed by atoms with Crippen LogP contribution in [-0.4, -0.2) is 27.7 Å². The first-order chi connectivity index (χ1) is 9.13. The van der Waals surface area contributed by atoms with E-state index in [1.807, 2.05) is 18.2 Å². The second-order valence-electron chi connectivity index (χ2n) is 4.52. The number of nitrogen functional groups attached to an aromatic ring is 1. The van der Waals surface area contributed by atoms with Gasteiger partial charge in [0.05, 0.1) is 18.2 Å². The van der Waals surface area contributed by atoms with Gasteiger partial charge in [-0.3, -0.25) is 0 Å². The highest BCUT2D eigenvalue weighted by molar-refractivity contribution is 7.27. The number of hydrogen-bond donors (Lipinski definition) is 3. The molecule has 2 unspecified atom stereocenters. The molecule has 1 aromatic heterocycles. The monoisotopic (exact) mass is 278 g/mol. The summed E-state index contributed by atoms with van der Waals surface area (Å²) >= 11 is 0. The molecule has 0 aliphatic carbocycles. The SMILES string of the molecule is CCCC(CO)Nc1nc(N)nc2ccc(P)cc12. The van der Waals surface area contributed by atoms with Crippen LogP contribution >= 0.6 is 9.24 Å². The Morgan fingerprint density at radius 1 is 1.42 bits per heavy atom. The topological polar surface area (TPSA) is 84.1 Å². The molecule has 2 atom stereocenters. The van der Waals surface area contributed by atoms with E-state index in [0.717, 1.165) is 29.0 Å². The number of benzene rings is 1. The summed E-state index contributed by atoms with van der Waals surface area (Å²) in [6.07, 6.45) is 1.87. The lowest BCUT2D eigenvalue weighted by atomic mass is 10.1. The third-order valence-corrected chi connectivity index (χ3v) is 3.29. The summed E-state index contributed by atoms with van der Waals surface area (Å²) in [6, 6.07) is 5.84. The minimum absolute atomic E-state index is 0.0179. The Labute approximate surface area is 114 Å². The molecule has 0 saturated heterocycles. The van der Waals surface area contributed by atoms with Gasteiger partial charge in [-0.15, -0.1) is 9.24 Å². The van der Waals surface area contributed by atoms with E-state index in [1.165, 1.54) is 0 Å². The van der Waals surface area contributed by atoms with Crippen molar-refractivity contribution in [1.29, 1.82) is 0 Å². The van der Waals surface area contributed by atoms with Crippen LogP contribution in [0.15, 0.2) is 18.2 Å². The largest absolute Gasteiger partial charge is 0.394 e. The summed E-state index contributed by atoms with van der Waals surface area (Å²) in [7, 11) is 2.65. The molecule has 19 heavy (non-hydrogen) atoms. The Balaban J connectivity index is 2.43.